The number of nitrogens with zero attached hydrogens (tertiary/aromatic N) is 1. The smallest absolute Gasteiger partial charge is 0.132 e. The molecule has 0 aliphatic heterocycles. The first kappa shape index (κ1) is 10.4. The third-order valence-corrected chi connectivity index (χ3v) is 2.23. The fourth-order valence-electron chi connectivity index (χ4n) is 1.42. The summed E-state index contributed by atoms with van der Waals surface area (Å²) in [6.45, 7) is 0. The maximum absolute atomic E-state index is 13.6. The van der Waals surface area contributed by atoms with E-state index in [0.29, 0.717) is 22.7 Å². The number of nitrogens with two attached hydrogens (primary N) is 1. The minimum atomic E-state index is -0.352. The summed E-state index contributed by atoms with van der Waals surface area (Å²) in [4.78, 5) is 4.08. The molecule has 2 aromatic rings. The van der Waals surface area contributed by atoms with Crippen LogP contribution < -0.4 is 10.5 Å². The Morgan fingerprint density at radius 3 is 2.81 bits per heavy atom. The van der Waals surface area contributed by atoms with Gasteiger partial charge in [-0.25, -0.2) is 4.39 Å². The summed E-state index contributed by atoms with van der Waals surface area (Å²) in [5.41, 5.74) is 6.99. The van der Waals surface area contributed by atoms with E-state index in [1.807, 2.05) is 0 Å². The average molecular weight is 218 g/mol. The number of pyridine rings is 1. The molecule has 0 saturated carbocycles. The van der Waals surface area contributed by atoms with Gasteiger partial charge in [-0.2, -0.15) is 0 Å². The van der Waals surface area contributed by atoms with Crippen molar-refractivity contribution in [2.45, 2.75) is 0 Å². The van der Waals surface area contributed by atoms with Crippen LogP contribution in [0.15, 0.2) is 36.5 Å². The van der Waals surface area contributed by atoms with Gasteiger partial charge in [-0.15, -0.1) is 0 Å². The minimum absolute atomic E-state index is 0.352. The lowest BCUT2D eigenvalue weighted by atomic mass is 10.1. The monoisotopic (exact) mass is 218 g/mol. The molecule has 0 unspecified atom stereocenters. The molecule has 1 aromatic heterocycles. The van der Waals surface area contributed by atoms with Gasteiger partial charge in [0.05, 0.1) is 12.8 Å². The van der Waals surface area contributed by atoms with Crippen molar-refractivity contribution in [2.24, 2.45) is 0 Å². The SMILES string of the molecule is COc1ccnc(-c2cc(N)ccc2F)c1. The number of halogens is 1. The van der Waals surface area contributed by atoms with Gasteiger partial charge in [-0.3, -0.25) is 4.98 Å². The van der Waals surface area contributed by atoms with Crippen LogP contribution in [-0.4, -0.2) is 12.1 Å². The van der Waals surface area contributed by atoms with Crippen molar-refractivity contribution >= 4 is 5.69 Å². The van der Waals surface area contributed by atoms with E-state index in [9.17, 15) is 4.39 Å². The number of anilines is 1. The van der Waals surface area contributed by atoms with Crippen molar-refractivity contribution in [3.05, 3.63) is 42.3 Å². The summed E-state index contributed by atoms with van der Waals surface area (Å²) in [5, 5.41) is 0. The number of hydrogen-bond donors (Lipinski definition) is 1. The van der Waals surface area contributed by atoms with Gasteiger partial charge in [0.2, 0.25) is 0 Å². The van der Waals surface area contributed by atoms with E-state index in [2.05, 4.69) is 4.98 Å². The summed E-state index contributed by atoms with van der Waals surface area (Å²) in [6, 6.07) is 7.76. The third-order valence-electron chi connectivity index (χ3n) is 2.23. The normalized spacial score (nSPS) is 10.1. The maximum atomic E-state index is 13.6. The summed E-state index contributed by atoms with van der Waals surface area (Å²) in [6.07, 6.45) is 1.57. The lowest BCUT2D eigenvalue weighted by Crippen LogP contribution is -1.92. The molecule has 0 radical (unpaired) electrons. The predicted molar refractivity (Wildman–Crippen MR) is 60.6 cm³/mol. The largest absolute Gasteiger partial charge is 0.497 e. The Kier molecular flexibility index (Phi) is 2.72. The molecule has 0 saturated heterocycles. The van der Waals surface area contributed by atoms with Crippen molar-refractivity contribution < 1.29 is 9.13 Å². The first-order valence-electron chi connectivity index (χ1n) is 4.76. The van der Waals surface area contributed by atoms with Crippen molar-refractivity contribution in [2.75, 3.05) is 12.8 Å². The van der Waals surface area contributed by atoms with E-state index in [1.54, 1.807) is 31.5 Å². The highest BCUT2D eigenvalue weighted by molar-refractivity contribution is 5.65. The fraction of sp³-hybridized carbons (Fsp3) is 0.0833. The highest BCUT2D eigenvalue weighted by Crippen LogP contribution is 2.25. The predicted octanol–water partition coefficient (Wildman–Crippen LogP) is 2.48. The Hall–Kier alpha value is -2.10. The van der Waals surface area contributed by atoms with E-state index in [0.717, 1.165) is 0 Å². The van der Waals surface area contributed by atoms with Crippen LogP contribution in [0.25, 0.3) is 11.3 Å². The van der Waals surface area contributed by atoms with Gasteiger partial charge < -0.3 is 10.5 Å². The number of ether oxygens (including phenoxy) is 1. The molecule has 82 valence electrons. The zero-order valence-electron chi connectivity index (χ0n) is 8.77. The maximum Gasteiger partial charge on any atom is 0.132 e. The van der Waals surface area contributed by atoms with Crippen molar-refractivity contribution in [3.63, 3.8) is 0 Å². The average Bonchev–Trinajstić information content (AvgIpc) is 2.32. The van der Waals surface area contributed by atoms with Crippen LogP contribution in [0.2, 0.25) is 0 Å². The van der Waals surface area contributed by atoms with Crippen LogP contribution in [0.5, 0.6) is 5.75 Å². The highest BCUT2D eigenvalue weighted by Gasteiger charge is 2.07. The summed E-state index contributed by atoms with van der Waals surface area (Å²) in [5.74, 6) is 0.279. The quantitative estimate of drug-likeness (QED) is 0.788. The molecule has 1 aromatic carbocycles. The van der Waals surface area contributed by atoms with Gasteiger partial charge in [0, 0.05) is 23.5 Å². The number of benzene rings is 1. The van der Waals surface area contributed by atoms with Gasteiger partial charge >= 0.3 is 0 Å². The van der Waals surface area contributed by atoms with Crippen LogP contribution in [0.3, 0.4) is 0 Å². The molecule has 0 atom stereocenters. The van der Waals surface area contributed by atoms with E-state index < -0.39 is 0 Å². The van der Waals surface area contributed by atoms with Crippen LogP contribution in [0.1, 0.15) is 0 Å². The van der Waals surface area contributed by atoms with Gasteiger partial charge in [-0.05, 0) is 24.3 Å². The highest BCUT2D eigenvalue weighted by atomic mass is 19.1. The van der Waals surface area contributed by atoms with Crippen LogP contribution in [0.4, 0.5) is 10.1 Å². The molecule has 0 spiro atoms. The zero-order chi connectivity index (χ0) is 11.5. The molecule has 1 heterocycles. The molecule has 4 heteroatoms. The number of methoxy groups -OCH3 is 1. The lowest BCUT2D eigenvalue weighted by molar-refractivity contribution is 0.414. The molecular formula is C12H11FN2O. The van der Waals surface area contributed by atoms with E-state index in [4.69, 9.17) is 10.5 Å². The van der Waals surface area contributed by atoms with E-state index in [1.165, 1.54) is 12.1 Å². The van der Waals surface area contributed by atoms with Gasteiger partial charge in [0.1, 0.15) is 11.6 Å². The molecule has 0 aliphatic rings. The number of aromatic nitrogens is 1. The Balaban J connectivity index is 2.53. The van der Waals surface area contributed by atoms with Gasteiger partial charge in [-0.1, -0.05) is 0 Å². The molecule has 0 aliphatic carbocycles. The van der Waals surface area contributed by atoms with Crippen molar-refractivity contribution in [1.82, 2.24) is 4.98 Å². The first-order chi connectivity index (χ1) is 7.70. The Morgan fingerprint density at radius 1 is 1.25 bits per heavy atom. The van der Waals surface area contributed by atoms with E-state index >= 15 is 0 Å². The second kappa shape index (κ2) is 4.18. The zero-order valence-corrected chi connectivity index (χ0v) is 8.77. The molecule has 2 rings (SSSR count). The Morgan fingerprint density at radius 2 is 2.06 bits per heavy atom. The number of rotatable bonds is 2. The van der Waals surface area contributed by atoms with Crippen LogP contribution in [0, 0.1) is 5.82 Å². The molecule has 16 heavy (non-hydrogen) atoms. The second-order valence-corrected chi connectivity index (χ2v) is 3.32. The third kappa shape index (κ3) is 1.95. The van der Waals surface area contributed by atoms with Crippen molar-refractivity contribution in [3.8, 4) is 17.0 Å². The fourth-order valence-corrected chi connectivity index (χ4v) is 1.42. The molecule has 0 bridgehead atoms. The molecule has 0 amide bonds. The standard InChI is InChI=1S/C12H11FN2O/c1-16-9-4-5-15-12(7-9)10-6-8(14)2-3-11(10)13/h2-7H,14H2,1H3. The topological polar surface area (TPSA) is 48.1 Å². The van der Waals surface area contributed by atoms with Gasteiger partial charge in [0.15, 0.2) is 0 Å². The minimum Gasteiger partial charge on any atom is -0.497 e. The lowest BCUT2D eigenvalue weighted by Gasteiger charge is -2.05. The summed E-state index contributed by atoms with van der Waals surface area (Å²) >= 11 is 0. The first-order valence-corrected chi connectivity index (χ1v) is 4.76. The van der Waals surface area contributed by atoms with Crippen LogP contribution in [-0.2, 0) is 0 Å². The van der Waals surface area contributed by atoms with E-state index in [-0.39, 0.29) is 5.82 Å². The van der Waals surface area contributed by atoms with Crippen LogP contribution >= 0.6 is 0 Å². The number of nitrogen functional groups attached to an aromatic ring is 1. The second-order valence-electron chi connectivity index (χ2n) is 3.32. The van der Waals surface area contributed by atoms with Crippen molar-refractivity contribution in [1.29, 1.82) is 0 Å². The summed E-state index contributed by atoms with van der Waals surface area (Å²) < 4.78 is 18.6. The number of hydrogen-bond acceptors (Lipinski definition) is 3. The molecular weight excluding hydrogens is 207 g/mol. The Labute approximate surface area is 92.7 Å². The molecule has 0 fully saturated rings. The van der Waals surface area contributed by atoms with Gasteiger partial charge in [0.25, 0.3) is 0 Å². The molecule has 3 nitrogen and oxygen atoms in total. The summed E-state index contributed by atoms with van der Waals surface area (Å²) in [7, 11) is 1.55. The molecule has 2 N–H and O–H groups in total. The Bertz CT molecular complexity index is 514.